The van der Waals surface area contributed by atoms with Crippen molar-refractivity contribution in [3.8, 4) is 0 Å². The van der Waals surface area contributed by atoms with E-state index in [4.69, 9.17) is 0 Å². The maximum Gasteiger partial charge on any atom is 0.341 e. The topological polar surface area (TPSA) is 82.8 Å². The summed E-state index contributed by atoms with van der Waals surface area (Å²) in [6.07, 6.45) is 3.13. The van der Waals surface area contributed by atoms with E-state index in [2.05, 4.69) is 4.90 Å². The zero-order valence-electron chi connectivity index (χ0n) is 19.0. The van der Waals surface area contributed by atoms with Crippen molar-refractivity contribution in [2.45, 2.75) is 25.3 Å². The van der Waals surface area contributed by atoms with Gasteiger partial charge < -0.3 is 14.6 Å². The summed E-state index contributed by atoms with van der Waals surface area (Å²) in [7, 11) is 0. The third kappa shape index (κ3) is 3.98. The molecule has 0 unspecified atom stereocenters. The fourth-order valence-electron chi connectivity index (χ4n) is 4.66. The van der Waals surface area contributed by atoms with E-state index >= 15 is 4.39 Å². The number of aromatic nitrogens is 1. The Bertz CT molecular complexity index is 1340. The normalized spacial score (nSPS) is 17.6. The number of anilines is 1. The number of nitrogens with zero attached hydrogens (tertiary/aromatic N) is 3. The smallest absolute Gasteiger partial charge is 0.341 e. The predicted octanol–water partition coefficient (Wildman–Crippen LogP) is 3.35. The van der Waals surface area contributed by atoms with Crippen LogP contribution < -0.4 is 10.3 Å². The molecule has 2 fully saturated rings. The predicted molar refractivity (Wildman–Crippen MR) is 127 cm³/mol. The molecule has 2 aliphatic rings. The highest BCUT2D eigenvalue weighted by atomic mass is 19.1. The van der Waals surface area contributed by atoms with Crippen LogP contribution in [0.4, 0.5) is 10.1 Å². The average molecular weight is 464 g/mol. The molecule has 0 radical (unpaired) electrons. The van der Waals surface area contributed by atoms with Gasteiger partial charge in [0.05, 0.1) is 17.7 Å². The summed E-state index contributed by atoms with van der Waals surface area (Å²) in [6.45, 7) is 4.62. The fraction of sp³-hybridized carbons (Fsp3) is 0.346. The first kappa shape index (κ1) is 22.3. The zero-order valence-corrected chi connectivity index (χ0v) is 19.0. The molecular weight excluding hydrogens is 437 g/mol. The average Bonchev–Trinajstić information content (AvgIpc) is 3.58. The van der Waals surface area contributed by atoms with Crippen LogP contribution in [0, 0.1) is 5.82 Å². The summed E-state index contributed by atoms with van der Waals surface area (Å²) in [6, 6.07) is 12.0. The van der Waals surface area contributed by atoms with Gasteiger partial charge in [-0.2, -0.15) is 0 Å². The first-order valence-electron chi connectivity index (χ1n) is 11.4. The largest absolute Gasteiger partial charge is 0.477 e. The standard InChI is InChI=1S/C26H26FN3O4/c1-26(7-8-26)30-15-19(25(33)34)24(32)18-13-20(27)22(14-21(18)30)29-11-9-28(10-12-29)16-23(31)17-5-3-2-4-6-17/h2-6,13-15H,7-12,16H2,1H3,(H,33,34). The van der Waals surface area contributed by atoms with Gasteiger partial charge in [-0.1, -0.05) is 30.3 Å². The lowest BCUT2D eigenvalue weighted by molar-refractivity contribution is 0.0694. The Balaban J connectivity index is 1.41. The highest BCUT2D eigenvalue weighted by molar-refractivity contribution is 5.97. The molecule has 8 heteroatoms. The molecule has 0 spiro atoms. The van der Waals surface area contributed by atoms with Gasteiger partial charge in [-0.05, 0) is 31.9 Å². The Hall–Kier alpha value is -3.52. The number of carbonyl (C=O) groups is 2. The van der Waals surface area contributed by atoms with Crippen LogP contribution >= 0.6 is 0 Å². The lowest BCUT2D eigenvalue weighted by Gasteiger charge is -2.36. The van der Waals surface area contributed by atoms with Crippen molar-refractivity contribution in [2.24, 2.45) is 0 Å². The summed E-state index contributed by atoms with van der Waals surface area (Å²) in [5, 5.41) is 9.56. The molecule has 0 atom stereocenters. The summed E-state index contributed by atoms with van der Waals surface area (Å²) < 4.78 is 17.0. The molecule has 0 amide bonds. The van der Waals surface area contributed by atoms with E-state index < -0.39 is 17.2 Å². The van der Waals surface area contributed by atoms with Crippen molar-refractivity contribution >= 4 is 28.3 Å². The molecule has 2 aromatic carbocycles. The number of benzene rings is 2. The number of carboxylic acids is 1. The Morgan fingerprint density at radius 1 is 1.06 bits per heavy atom. The third-order valence-electron chi connectivity index (χ3n) is 7.03. The molecule has 1 N–H and O–H groups in total. The van der Waals surface area contributed by atoms with Crippen molar-refractivity contribution in [3.63, 3.8) is 0 Å². The Labute approximate surface area is 196 Å². The van der Waals surface area contributed by atoms with Crippen molar-refractivity contribution in [1.29, 1.82) is 0 Å². The second-order valence-electron chi connectivity index (χ2n) is 9.42. The van der Waals surface area contributed by atoms with Gasteiger partial charge in [0, 0.05) is 48.9 Å². The lowest BCUT2D eigenvalue weighted by atomic mass is 10.1. The van der Waals surface area contributed by atoms with Crippen LogP contribution in [-0.4, -0.2) is 59.0 Å². The lowest BCUT2D eigenvalue weighted by Crippen LogP contribution is -2.48. The number of piperazine rings is 1. The molecule has 0 bridgehead atoms. The van der Waals surface area contributed by atoms with Gasteiger partial charge in [0.2, 0.25) is 5.43 Å². The third-order valence-corrected chi connectivity index (χ3v) is 7.03. The van der Waals surface area contributed by atoms with Gasteiger partial charge in [0.1, 0.15) is 11.4 Å². The van der Waals surface area contributed by atoms with E-state index in [-0.39, 0.29) is 22.3 Å². The fourth-order valence-corrected chi connectivity index (χ4v) is 4.66. The van der Waals surface area contributed by atoms with Gasteiger partial charge in [0.15, 0.2) is 5.78 Å². The number of carboxylic acid groups (broad SMARTS) is 1. The van der Waals surface area contributed by atoms with Crippen LogP contribution in [0.3, 0.4) is 0 Å². The number of pyridine rings is 1. The van der Waals surface area contributed by atoms with Crippen LogP contribution in [0.2, 0.25) is 0 Å². The molecule has 7 nitrogen and oxygen atoms in total. The second-order valence-corrected chi connectivity index (χ2v) is 9.42. The van der Waals surface area contributed by atoms with E-state index in [0.29, 0.717) is 49.5 Å². The number of fused-ring (bicyclic) bond motifs is 1. The number of aromatic carboxylic acids is 1. The van der Waals surface area contributed by atoms with E-state index in [1.165, 1.54) is 12.3 Å². The number of ketones is 1. The van der Waals surface area contributed by atoms with Gasteiger partial charge in [-0.3, -0.25) is 14.5 Å². The van der Waals surface area contributed by atoms with Crippen LogP contribution in [0.15, 0.2) is 53.5 Å². The van der Waals surface area contributed by atoms with Crippen LogP contribution in [0.5, 0.6) is 0 Å². The Kier molecular flexibility index (Phi) is 5.48. The second kappa shape index (κ2) is 8.36. The van der Waals surface area contributed by atoms with Gasteiger partial charge in [-0.15, -0.1) is 0 Å². The van der Waals surface area contributed by atoms with Gasteiger partial charge in [-0.25, -0.2) is 9.18 Å². The van der Waals surface area contributed by atoms with Crippen LogP contribution in [-0.2, 0) is 5.54 Å². The zero-order chi connectivity index (χ0) is 24.0. The van der Waals surface area contributed by atoms with Gasteiger partial charge >= 0.3 is 5.97 Å². The molecule has 176 valence electrons. The minimum absolute atomic E-state index is 0.0573. The molecular formula is C26H26FN3O4. The summed E-state index contributed by atoms with van der Waals surface area (Å²) in [4.78, 5) is 40.9. The number of Topliss-reactive ketones (excluding diaryl/α,β-unsaturated/α-hetero) is 1. The maximum absolute atomic E-state index is 15.2. The van der Waals surface area contributed by atoms with E-state index in [9.17, 15) is 19.5 Å². The molecule has 1 aliphatic heterocycles. The molecule has 1 saturated heterocycles. The monoisotopic (exact) mass is 463 g/mol. The molecule has 1 saturated carbocycles. The van der Waals surface area contributed by atoms with Crippen molar-refractivity contribution in [3.05, 3.63) is 75.8 Å². The van der Waals surface area contributed by atoms with Crippen molar-refractivity contribution < 1.29 is 19.1 Å². The molecule has 2 heterocycles. The SMILES string of the molecule is CC1(n2cc(C(=O)O)c(=O)c3cc(F)c(N4CCN(CC(=O)c5ccccc5)CC4)cc32)CC1. The van der Waals surface area contributed by atoms with Gasteiger partial charge in [0.25, 0.3) is 0 Å². The van der Waals surface area contributed by atoms with E-state index in [1.54, 1.807) is 18.2 Å². The van der Waals surface area contributed by atoms with E-state index in [0.717, 1.165) is 12.8 Å². The minimum atomic E-state index is -1.31. The Morgan fingerprint density at radius 2 is 1.74 bits per heavy atom. The number of hydrogen-bond donors (Lipinski definition) is 1. The van der Waals surface area contributed by atoms with Crippen molar-refractivity contribution in [2.75, 3.05) is 37.6 Å². The molecule has 1 aromatic heterocycles. The molecule has 1 aliphatic carbocycles. The summed E-state index contributed by atoms with van der Waals surface area (Å²) >= 11 is 0. The molecule has 3 aromatic rings. The summed E-state index contributed by atoms with van der Waals surface area (Å²) in [5.74, 6) is -1.80. The first-order chi connectivity index (χ1) is 16.3. The number of halogens is 1. The number of hydrogen-bond acceptors (Lipinski definition) is 5. The number of rotatable bonds is 6. The van der Waals surface area contributed by atoms with Crippen LogP contribution in [0.25, 0.3) is 10.9 Å². The first-order valence-corrected chi connectivity index (χ1v) is 11.4. The molecule has 5 rings (SSSR count). The highest BCUT2D eigenvalue weighted by Gasteiger charge is 2.40. The van der Waals surface area contributed by atoms with E-state index in [1.807, 2.05) is 34.6 Å². The summed E-state index contributed by atoms with van der Waals surface area (Å²) in [5.41, 5.74) is 0.330. The minimum Gasteiger partial charge on any atom is -0.477 e. The quantitative estimate of drug-likeness (QED) is 0.565. The highest BCUT2D eigenvalue weighted by Crippen LogP contribution is 2.44. The molecule has 34 heavy (non-hydrogen) atoms. The van der Waals surface area contributed by atoms with Crippen LogP contribution in [0.1, 0.15) is 40.5 Å². The van der Waals surface area contributed by atoms with Crippen molar-refractivity contribution in [1.82, 2.24) is 9.47 Å². The number of carbonyl (C=O) groups excluding carboxylic acids is 1. The maximum atomic E-state index is 15.2. The Morgan fingerprint density at radius 3 is 2.35 bits per heavy atom.